The first-order valence-corrected chi connectivity index (χ1v) is 19.1. The summed E-state index contributed by atoms with van der Waals surface area (Å²) in [5.74, 6) is -0.970. The molecule has 0 bridgehead atoms. The summed E-state index contributed by atoms with van der Waals surface area (Å²) < 4.78 is 22.8. The van der Waals surface area contributed by atoms with E-state index in [-0.39, 0.29) is 30.2 Å². The topological polar surface area (TPSA) is 127 Å². The van der Waals surface area contributed by atoms with Crippen LogP contribution in [0.1, 0.15) is 68.3 Å². The van der Waals surface area contributed by atoms with Crippen molar-refractivity contribution in [3.05, 3.63) is 76.9 Å². The number of rotatable bonds is 13. The highest BCUT2D eigenvalue weighted by Crippen LogP contribution is 2.55. The van der Waals surface area contributed by atoms with E-state index in [1.54, 1.807) is 12.1 Å². The van der Waals surface area contributed by atoms with Crippen molar-refractivity contribution in [3.63, 3.8) is 0 Å². The molecule has 2 aromatic heterocycles. The fourth-order valence-corrected chi connectivity index (χ4v) is 8.35. The van der Waals surface area contributed by atoms with Crippen molar-refractivity contribution in [2.45, 2.75) is 84.3 Å². The molecule has 3 aliphatic rings. The molecule has 11 heteroatoms. The number of fused-ring (bicyclic) bond motifs is 1. The van der Waals surface area contributed by atoms with E-state index in [9.17, 15) is 9.59 Å². The Balaban J connectivity index is 1.08. The molecule has 1 saturated carbocycles. The minimum absolute atomic E-state index is 0.156. The molecule has 276 valence electrons. The summed E-state index contributed by atoms with van der Waals surface area (Å²) in [4.78, 5) is 34.4. The van der Waals surface area contributed by atoms with Gasteiger partial charge in [0.1, 0.15) is 11.2 Å². The molecule has 10 nitrogen and oxygen atoms in total. The van der Waals surface area contributed by atoms with Gasteiger partial charge in [0.15, 0.2) is 5.65 Å². The quantitative estimate of drug-likeness (QED) is 0.153. The highest BCUT2D eigenvalue weighted by atomic mass is 19.1. The zero-order valence-electron chi connectivity index (χ0n) is 30.7. The molecule has 0 radical (unpaired) electrons. The van der Waals surface area contributed by atoms with Crippen LogP contribution in [-0.2, 0) is 46.7 Å². The summed E-state index contributed by atoms with van der Waals surface area (Å²) in [7, 11) is 2.17. The van der Waals surface area contributed by atoms with Gasteiger partial charge in [-0.15, -0.1) is 0 Å². The molecule has 4 heterocycles. The molecule has 2 amide bonds. The Hall–Kier alpha value is -4.35. The first-order chi connectivity index (χ1) is 25.2. The lowest BCUT2D eigenvalue weighted by Gasteiger charge is -2.29. The molecule has 4 aromatic rings. The van der Waals surface area contributed by atoms with Crippen molar-refractivity contribution in [3.8, 4) is 11.1 Å². The maximum absolute atomic E-state index is 15.2. The van der Waals surface area contributed by atoms with E-state index in [0.717, 1.165) is 71.5 Å². The zero-order valence-corrected chi connectivity index (χ0v) is 30.7. The lowest BCUT2D eigenvalue weighted by atomic mass is 9.89. The van der Waals surface area contributed by atoms with Crippen molar-refractivity contribution in [1.29, 1.82) is 0 Å². The second kappa shape index (κ2) is 15.3. The summed E-state index contributed by atoms with van der Waals surface area (Å²) >= 11 is 0. The van der Waals surface area contributed by atoms with Crippen LogP contribution >= 0.6 is 0 Å². The summed E-state index contributed by atoms with van der Waals surface area (Å²) in [6.45, 7) is 8.59. The molecule has 52 heavy (non-hydrogen) atoms. The van der Waals surface area contributed by atoms with Gasteiger partial charge in [0, 0.05) is 43.6 Å². The Morgan fingerprint density at radius 3 is 2.56 bits per heavy atom. The number of likely N-dealkylation sites (tertiary alicyclic amines) is 1. The number of carbonyl (C=O) groups is 2. The number of benzene rings is 2. The third-order valence-corrected chi connectivity index (χ3v) is 11.7. The molecule has 7 rings (SSSR count). The summed E-state index contributed by atoms with van der Waals surface area (Å²) in [5.41, 5.74) is 11.7. The molecule has 2 saturated heterocycles. The van der Waals surface area contributed by atoms with Gasteiger partial charge >= 0.3 is 0 Å². The number of nitrogens with two attached hydrogens (primary N) is 1. The number of nitrogens with zero attached hydrogens (tertiary/aromatic N) is 4. The third-order valence-electron chi connectivity index (χ3n) is 11.7. The highest BCUT2D eigenvalue weighted by molar-refractivity contribution is 6.08. The first-order valence-electron chi connectivity index (χ1n) is 19.1. The lowest BCUT2D eigenvalue weighted by Crippen LogP contribution is -2.42. The fourth-order valence-electron chi connectivity index (χ4n) is 8.35. The van der Waals surface area contributed by atoms with Crippen LogP contribution in [-0.4, -0.2) is 70.9 Å². The van der Waals surface area contributed by atoms with Crippen molar-refractivity contribution < 1.29 is 18.7 Å². The molecular formula is C41H52FN7O3. The summed E-state index contributed by atoms with van der Waals surface area (Å²) in [5, 5.41) is 12.3. The van der Waals surface area contributed by atoms with Gasteiger partial charge in [-0.25, -0.2) is 14.1 Å². The zero-order chi connectivity index (χ0) is 36.4. The molecule has 2 aliphatic heterocycles. The number of amides is 2. The van der Waals surface area contributed by atoms with Gasteiger partial charge in [0.05, 0.1) is 17.3 Å². The maximum Gasteiger partial charge on any atom is 0.236 e. The predicted octanol–water partition coefficient (Wildman–Crippen LogP) is 5.65. The number of aromatic nitrogens is 3. The SMILES string of the molecule is CCc1nc2c(cnn2CC)c(NC2CCOCC2)c1CC1CC1(C(N)=O)C(=O)NCc1ccc(F)c(-c2cccc(CC3CCN(C)CC3)c2)c1. The number of anilines is 1. The maximum atomic E-state index is 15.2. The van der Waals surface area contributed by atoms with Crippen molar-refractivity contribution in [2.75, 3.05) is 38.7 Å². The van der Waals surface area contributed by atoms with Gasteiger partial charge < -0.3 is 26.0 Å². The van der Waals surface area contributed by atoms with E-state index in [4.69, 9.17) is 15.5 Å². The number of hydrogen-bond donors (Lipinski definition) is 3. The predicted molar refractivity (Wildman–Crippen MR) is 201 cm³/mol. The van der Waals surface area contributed by atoms with Crippen LogP contribution in [0, 0.1) is 23.1 Å². The Kier molecular flexibility index (Phi) is 10.6. The molecular weight excluding hydrogens is 657 g/mol. The average molecular weight is 710 g/mol. The van der Waals surface area contributed by atoms with Crippen LogP contribution in [0.15, 0.2) is 48.7 Å². The number of halogens is 1. The van der Waals surface area contributed by atoms with Gasteiger partial charge in [0.2, 0.25) is 11.8 Å². The van der Waals surface area contributed by atoms with E-state index < -0.39 is 11.3 Å². The Morgan fingerprint density at radius 1 is 1.04 bits per heavy atom. The highest BCUT2D eigenvalue weighted by Gasteiger charge is 2.64. The van der Waals surface area contributed by atoms with Gasteiger partial charge in [-0.1, -0.05) is 37.3 Å². The number of primary amides is 1. The second-order valence-electron chi connectivity index (χ2n) is 15.1. The number of ether oxygens (including phenoxy) is 1. The van der Waals surface area contributed by atoms with Crippen LogP contribution in [0.4, 0.5) is 10.1 Å². The number of pyridine rings is 1. The number of nitrogens with one attached hydrogen (secondary N) is 2. The minimum atomic E-state index is -1.32. The lowest BCUT2D eigenvalue weighted by molar-refractivity contribution is -0.136. The Bertz CT molecular complexity index is 1930. The molecule has 3 fully saturated rings. The van der Waals surface area contributed by atoms with Crippen LogP contribution in [0.3, 0.4) is 0 Å². The molecule has 2 atom stereocenters. The number of aryl methyl sites for hydroxylation is 2. The number of hydrogen-bond acceptors (Lipinski definition) is 7. The number of piperidine rings is 1. The summed E-state index contributed by atoms with van der Waals surface area (Å²) in [6, 6.07) is 13.3. The number of carbonyl (C=O) groups excluding carboxylic acids is 2. The van der Waals surface area contributed by atoms with Gasteiger partial charge in [-0.3, -0.25) is 9.59 Å². The largest absolute Gasteiger partial charge is 0.381 e. The molecule has 0 spiro atoms. The normalized spacial score (nSPS) is 21.3. The first kappa shape index (κ1) is 36.0. The minimum Gasteiger partial charge on any atom is -0.381 e. The van der Waals surface area contributed by atoms with Crippen molar-refractivity contribution in [1.82, 2.24) is 25.0 Å². The summed E-state index contributed by atoms with van der Waals surface area (Å²) in [6.07, 6.45) is 8.50. The van der Waals surface area contributed by atoms with E-state index >= 15 is 4.39 Å². The smallest absolute Gasteiger partial charge is 0.236 e. The van der Waals surface area contributed by atoms with Gasteiger partial charge in [-0.2, -0.15) is 5.10 Å². The van der Waals surface area contributed by atoms with Crippen LogP contribution in [0.25, 0.3) is 22.2 Å². The van der Waals surface area contributed by atoms with Crippen molar-refractivity contribution >= 4 is 28.5 Å². The van der Waals surface area contributed by atoms with Crippen molar-refractivity contribution in [2.24, 2.45) is 23.0 Å². The van der Waals surface area contributed by atoms with Gasteiger partial charge in [0.25, 0.3) is 0 Å². The van der Waals surface area contributed by atoms with Gasteiger partial charge in [-0.05, 0) is 125 Å². The Labute approximate surface area is 305 Å². The Morgan fingerprint density at radius 2 is 1.83 bits per heavy atom. The standard InChI is InChI=1S/C41H52FN7O3/c1-4-36-33(37(46-31-13-17-52-18-14-31)34-25-45-49(5-2)38(34)47-36)22-30-23-41(30,39(43)50)40(51)44-24-28-9-10-35(42)32(21-28)29-8-6-7-27(20-29)19-26-11-15-48(3)16-12-26/h6-10,20-21,25-26,30-31H,4-5,11-19,22-24H2,1-3H3,(H2,43,50)(H,44,51)(H,46,47). The van der Waals surface area contributed by atoms with E-state index in [1.165, 1.54) is 24.5 Å². The third kappa shape index (κ3) is 7.30. The molecule has 2 unspecified atom stereocenters. The van der Waals surface area contributed by atoms with Crippen LogP contribution in [0.5, 0.6) is 0 Å². The second-order valence-corrected chi connectivity index (χ2v) is 15.1. The average Bonchev–Trinajstić information content (AvgIpc) is 3.75. The molecule has 1 aliphatic carbocycles. The molecule has 4 N–H and O–H groups in total. The monoisotopic (exact) mass is 709 g/mol. The van der Waals surface area contributed by atoms with E-state index in [1.807, 2.05) is 29.9 Å². The molecule has 2 aromatic carbocycles. The van der Waals surface area contributed by atoms with Crippen LogP contribution < -0.4 is 16.4 Å². The van der Waals surface area contributed by atoms with Crippen LogP contribution in [0.2, 0.25) is 0 Å². The fraction of sp³-hybridized carbons (Fsp3) is 0.512. The van der Waals surface area contributed by atoms with E-state index in [2.05, 4.69) is 46.7 Å². The van der Waals surface area contributed by atoms with E-state index in [0.29, 0.717) is 50.5 Å².